The number of rotatable bonds is 15. The van der Waals surface area contributed by atoms with Gasteiger partial charge in [0.1, 0.15) is 10.7 Å². The Hall–Kier alpha value is -2.04. The highest BCUT2D eigenvalue weighted by molar-refractivity contribution is 7.09. The molecule has 9 nitrogen and oxygen atoms in total. The lowest BCUT2D eigenvalue weighted by molar-refractivity contribution is -0.145. The average Bonchev–Trinajstić information content (AvgIpc) is 3.17. The van der Waals surface area contributed by atoms with Crippen LogP contribution < -0.4 is 5.32 Å². The van der Waals surface area contributed by atoms with Crippen LogP contribution in [0.5, 0.6) is 0 Å². The number of nitrogens with one attached hydrogen (secondary N) is 1. The van der Waals surface area contributed by atoms with Crippen molar-refractivity contribution in [3.8, 4) is 0 Å². The standard InChI is InChI=1S/C19H31N3O6S/c1-4-28-18(24)8-7-17(23)22(10-6-12-27-3)13-16-21-15(14-29-16)19(25)20-9-5-11-26-2/h14H,4-13H2,1-3H3,(H,20,25). The zero-order valence-corrected chi connectivity index (χ0v) is 18.2. The maximum Gasteiger partial charge on any atom is 0.306 e. The summed E-state index contributed by atoms with van der Waals surface area (Å²) in [6.07, 6.45) is 1.51. The van der Waals surface area contributed by atoms with Gasteiger partial charge in [-0.1, -0.05) is 0 Å². The number of hydrogen-bond acceptors (Lipinski definition) is 8. The summed E-state index contributed by atoms with van der Waals surface area (Å²) in [5, 5.41) is 5.13. The number of carbonyl (C=O) groups is 3. The van der Waals surface area contributed by atoms with E-state index in [0.717, 1.165) is 6.42 Å². The monoisotopic (exact) mass is 429 g/mol. The third-order valence-corrected chi connectivity index (χ3v) is 4.73. The van der Waals surface area contributed by atoms with Gasteiger partial charge in [0.15, 0.2) is 0 Å². The van der Waals surface area contributed by atoms with Crippen LogP contribution in [-0.4, -0.2) is 74.8 Å². The Morgan fingerprint density at radius 2 is 1.86 bits per heavy atom. The number of ether oxygens (including phenoxy) is 3. The fraction of sp³-hybridized carbons (Fsp3) is 0.684. The van der Waals surface area contributed by atoms with Crippen molar-refractivity contribution in [2.24, 2.45) is 0 Å². The third kappa shape index (κ3) is 10.3. The Kier molecular flexibility index (Phi) is 12.8. The topological polar surface area (TPSA) is 107 Å². The van der Waals surface area contributed by atoms with Gasteiger partial charge in [-0.15, -0.1) is 11.3 Å². The van der Waals surface area contributed by atoms with Gasteiger partial charge < -0.3 is 24.4 Å². The minimum Gasteiger partial charge on any atom is -0.466 e. The van der Waals surface area contributed by atoms with Crippen molar-refractivity contribution in [2.45, 2.75) is 39.2 Å². The highest BCUT2D eigenvalue weighted by Gasteiger charge is 2.18. The van der Waals surface area contributed by atoms with Crippen molar-refractivity contribution in [1.82, 2.24) is 15.2 Å². The van der Waals surface area contributed by atoms with Crippen LogP contribution in [0.2, 0.25) is 0 Å². The molecule has 0 aliphatic heterocycles. The molecule has 0 saturated heterocycles. The molecular formula is C19H31N3O6S. The molecule has 0 aromatic carbocycles. The SMILES string of the molecule is CCOC(=O)CCC(=O)N(CCCOC)Cc1nc(C(=O)NCCCOC)cs1. The van der Waals surface area contributed by atoms with Crippen LogP contribution in [0.4, 0.5) is 0 Å². The molecular weight excluding hydrogens is 398 g/mol. The van der Waals surface area contributed by atoms with Crippen LogP contribution in [0.25, 0.3) is 0 Å². The molecule has 1 aromatic heterocycles. The number of nitrogens with zero attached hydrogens (tertiary/aromatic N) is 2. The highest BCUT2D eigenvalue weighted by atomic mass is 32.1. The number of carbonyl (C=O) groups excluding carboxylic acids is 3. The van der Waals surface area contributed by atoms with Gasteiger partial charge in [-0.2, -0.15) is 0 Å². The van der Waals surface area contributed by atoms with Crippen molar-refractivity contribution in [2.75, 3.05) is 47.1 Å². The first-order valence-corrected chi connectivity index (χ1v) is 10.5. The molecule has 1 N–H and O–H groups in total. The molecule has 0 aliphatic carbocycles. The van der Waals surface area contributed by atoms with Gasteiger partial charge in [0.25, 0.3) is 5.91 Å². The Morgan fingerprint density at radius 3 is 2.55 bits per heavy atom. The summed E-state index contributed by atoms with van der Waals surface area (Å²) in [7, 11) is 3.21. The lowest BCUT2D eigenvalue weighted by atomic mass is 10.2. The van der Waals surface area contributed by atoms with Crippen LogP contribution in [0.3, 0.4) is 0 Å². The second-order valence-corrected chi connectivity index (χ2v) is 7.14. The molecule has 164 valence electrons. The van der Waals surface area contributed by atoms with E-state index >= 15 is 0 Å². The maximum atomic E-state index is 12.6. The van der Waals surface area contributed by atoms with Crippen LogP contribution in [-0.2, 0) is 30.3 Å². The minimum atomic E-state index is -0.389. The lowest BCUT2D eigenvalue weighted by Crippen LogP contribution is -2.32. The quantitative estimate of drug-likeness (QED) is 0.333. The van der Waals surface area contributed by atoms with Crippen LogP contribution in [0, 0.1) is 0 Å². The summed E-state index contributed by atoms with van der Waals surface area (Å²) in [5.41, 5.74) is 0.332. The molecule has 0 spiro atoms. The molecule has 0 fully saturated rings. The molecule has 1 heterocycles. The first kappa shape index (κ1) is 25.0. The summed E-state index contributed by atoms with van der Waals surface area (Å²) in [6.45, 7) is 4.39. The molecule has 2 amide bonds. The fourth-order valence-electron chi connectivity index (χ4n) is 2.45. The predicted molar refractivity (Wildman–Crippen MR) is 109 cm³/mol. The van der Waals surface area contributed by atoms with E-state index < -0.39 is 0 Å². The van der Waals surface area contributed by atoms with Gasteiger partial charge in [0.05, 0.1) is 19.6 Å². The Bertz CT molecular complexity index is 637. The number of esters is 1. The van der Waals surface area contributed by atoms with E-state index in [0.29, 0.717) is 50.0 Å². The second kappa shape index (κ2) is 14.9. The Balaban J connectivity index is 2.63. The van der Waals surface area contributed by atoms with Crippen molar-refractivity contribution in [3.63, 3.8) is 0 Å². The number of aromatic nitrogens is 1. The zero-order chi connectivity index (χ0) is 21.5. The Labute approximate surface area is 175 Å². The molecule has 29 heavy (non-hydrogen) atoms. The van der Waals surface area contributed by atoms with Gasteiger partial charge in [-0.3, -0.25) is 14.4 Å². The van der Waals surface area contributed by atoms with Crippen molar-refractivity contribution in [1.29, 1.82) is 0 Å². The molecule has 0 unspecified atom stereocenters. The first-order chi connectivity index (χ1) is 14.0. The molecule has 0 saturated carbocycles. The number of methoxy groups -OCH3 is 2. The minimum absolute atomic E-state index is 0.0421. The second-order valence-electron chi connectivity index (χ2n) is 6.20. The predicted octanol–water partition coefficient (Wildman–Crippen LogP) is 1.62. The maximum absolute atomic E-state index is 12.6. The molecule has 1 rings (SSSR count). The van der Waals surface area contributed by atoms with E-state index in [1.54, 1.807) is 31.4 Å². The van der Waals surface area contributed by atoms with Gasteiger partial charge in [0, 0.05) is 52.3 Å². The van der Waals surface area contributed by atoms with E-state index in [1.165, 1.54) is 11.3 Å². The largest absolute Gasteiger partial charge is 0.466 e. The van der Waals surface area contributed by atoms with Crippen molar-refractivity contribution >= 4 is 29.1 Å². The zero-order valence-electron chi connectivity index (χ0n) is 17.4. The van der Waals surface area contributed by atoms with Gasteiger partial charge in [0.2, 0.25) is 5.91 Å². The summed E-state index contributed by atoms with van der Waals surface area (Å²) >= 11 is 1.33. The summed E-state index contributed by atoms with van der Waals surface area (Å²) in [4.78, 5) is 42.2. The third-order valence-electron chi connectivity index (χ3n) is 3.90. The lowest BCUT2D eigenvalue weighted by Gasteiger charge is -2.21. The smallest absolute Gasteiger partial charge is 0.306 e. The number of hydrogen-bond donors (Lipinski definition) is 1. The van der Waals surface area contributed by atoms with E-state index in [-0.39, 0.29) is 37.2 Å². The summed E-state index contributed by atoms with van der Waals surface area (Å²) in [5.74, 6) is -0.794. The van der Waals surface area contributed by atoms with Crippen molar-refractivity contribution < 1.29 is 28.6 Å². The highest BCUT2D eigenvalue weighted by Crippen LogP contribution is 2.14. The molecule has 1 aromatic rings. The van der Waals surface area contributed by atoms with Crippen LogP contribution in [0.1, 0.15) is 48.1 Å². The number of amides is 2. The normalized spacial score (nSPS) is 10.6. The van der Waals surface area contributed by atoms with E-state index in [1.807, 2.05) is 0 Å². The average molecular weight is 430 g/mol. The Morgan fingerprint density at radius 1 is 1.14 bits per heavy atom. The summed E-state index contributed by atoms with van der Waals surface area (Å²) < 4.78 is 14.9. The van der Waals surface area contributed by atoms with Crippen LogP contribution >= 0.6 is 11.3 Å². The molecule has 0 radical (unpaired) electrons. The van der Waals surface area contributed by atoms with Crippen molar-refractivity contribution in [3.05, 3.63) is 16.1 Å². The van der Waals surface area contributed by atoms with E-state index in [2.05, 4.69) is 10.3 Å². The first-order valence-electron chi connectivity index (χ1n) is 9.65. The van der Waals surface area contributed by atoms with E-state index in [4.69, 9.17) is 14.2 Å². The molecule has 0 bridgehead atoms. The van der Waals surface area contributed by atoms with Gasteiger partial charge >= 0.3 is 5.97 Å². The molecule has 0 atom stereocenters. The van der Waals surface area contributed by atoms with Gasteiger partial charge in [-0.05, 0) is 19.8 Å². The molecule has 10 heteroatoms. The van der Waals surface area contributed by atoms with Gasteiger partial charge in [-0.25, -0.2) is 4.98 Å². The van der Waals surface area contributed by atoms with Crippen LogP contribution in [0.15, 0.2) is 5.38 Å². The number of thiazole rings is 1. The molecule has 0 aliphatic rings. The summed E-state index contributed by atoms with van der Waals surface area (Å²) in [6, 6.07) is 0. The van der Waals surface area contributed by atoms with E-state index in [9.17, 15) is 14.4 Å². The fourth-order valence-corrected chi connectivity index (χ4v) is 3.24.